The van der Waals surface area contributed by atoms with E-state index in [1.54, 1.807) is 0 Å². The quantitative estimate of drug-likeness (QED) is 0.676. The molecule has 1 amide bonds. The summed E-state index contributed by atoms with van der Waals surface area (Å²) in [5.41, 5.74) is 0. The summed E-state index contributed by atoms with van der Waals surface area (Å²) in [6.07, 6.45) is 10.1. The lowest BCUT2D eigenvalue weighted by Crippen LogP contribution is -2.48. The van der Waals surface area contributed by atoms with Gasteiger partial charge in [-0.2, -0.15) is 0 Å². The minimum Gasteiger partial charge on any atom is -0.342 e. The molecule has 0 saturated carbocycles. The van der Waals surface area contributed by atoms with Gasteiger partial charge in [-0.05, 0) is 25.7 Å². The minimum absolute atomic E-state index is 0.0869. The molecule has 0 aromatic rings. The molecule has 0 radical (unpaired) electrons. The molecule has 1 N–H and O–H groups in total. The van der Waals surface area contributed by atoms with Crippen LogP contribution >= 0.6 is 0 Å². The predicted octanol–water partition coefficient (Wildman–Crippen LogP) is 0.751. The number of nitrogens with zero attached hydrogens (tertiary/aromatic N) is 1. The summed E-state index contributed by atoms with van der Waals surface area (Å²) >= 11 is 0. The molecule has 2 aliphatic rings. The smallest absolute Gasteiger partial charge is 0.234 e. The number of hydrogen-bond acceptors (Lipinski definition) is 2. The van der Waals surface area contributed by atoms with Crippen molar-refractivity contribution in [1.82, 2.24) is 10.2 Å². The molecule has 0 aromatic heterocycles. The fraction of sp³-hybridized carbons (Fsp3) is 0.750. The van der Waals surface area contributed by atoms with E-state index in [1.807, 2.05) is 11.9 Å². The van der Waals surface area contributed by atoms with Gasteiger partial charge in [-0.25, -0.2) is 0 Å². The van der Waals surface area contributed by atoms with Crippen LogP contribution in [0.5, 0.6) is 0 Å². The Labute approximate surface area is 91.2 Å². The lowest BCUT2D eigenvalue weighted by molar-refractivity contribution is -0.131. The van der Waals surface area contributed by atoms with Gasteiger partial charge in [0.15, 0.2) is 0 Å². The molecule has 0 aromatic carbocycles. The van der Waals surface area contributed by atoms with E-state index >= 15 is 0 Å². The zero-order valence-corrected chi connectivity index (χ0v) is 9.20. The van der Waals surface area contributed by atoms with Gasteiger partial charge in [0.05, 0.1) is 6.42 Å². The van der Waals surface area contributed by atoms with Crippen molar-refractivity contribution in [2.45, 2.75) is 50.2 Å². The molecule has 15 heavy (non-hydrogen) atoms. The van der Waals surface area contributed by atoms with E-state index in [-0.39, 0.29) is 12.3 Å². The molecule has 3 heteroatoms. The summed E-state index contributed by atoms with van der Waals surface area (Å²) in [6, 6.07) is 1.63. The van der Waals surface area contributed by atoms with E-state index < -0.39 is 0 Å². The van der Waals surface area contributed by atoms with E-state index in [9.17, 15) is 4.79 Å². The summed E-state index contributed by atoms with van der Waals surface area (Å²) in [6.45, 7) is 0. The van der Waals surface area contributed by atoms with Gasteiger partial charge in [0.1, 0.15) is 0 Å². The Hall–Kier alpha value is -1.01. The second kappa shape index (κ2) is 4.24. The molecular formula is C12H18N2O. The van der Waals surface area contributed by atoms with Gasteiger partial charge in [0, 0.05) is 25.2 Å². The Bertz CT molecular complexity index is 282. The second-order valence-corrected chi connectivity index (χ2v) is 4.65. The average molecular weight is 206 g/mol. The molecule has 2 saturated heterocycles. The van der Waals surface area contributed by atoms with Crippen molar-refractivity contribution in [3.05, 3.63) is 0 Å². The van der Waals surface area contributed by atoms with Gasteiger partial charge in [0.25, 0.3) is 0 Å². The normalized spacial score (nSPS) is 33.5. The summed E-state index contributed by atoms with van der Waals surface area (Å²) in [5, 5.41) is 3.57. The molecule has 2 atom stereocenters. The Kier molecular flexibility index (Phi) is 2.97. The predicted molar refractivity (Wildman–Crippen MR) is 59.2 cm³/mol. The van der Waals surface area contributed by atoms with Crippen molar-refractivity contribution in [3.63, 3.8) is 0 Å². The summed E-state index contributed by atoms with van der Waals surface area (Å²) in [5.74, 6) is 2.51. The zero-order valence-electron chi connectivity index (χ0n) is 9.20. The third-order valence-corrected chi connectivity index (χ3v) is 3.64. The third-order valence-electron chi connectivity index (χ3n) is 3.64. The third kappa shape index (κ3) is 2.15. The summed E-state index contributed by atoms with van der Waals surface area (Å²) in [7, 11) is 1.88. The summed E-state index contributed by atoms with van der Waals surface area (Å²) in [4.78, 5) is 13.5. The van der Waals surface area contributed by atoms with E-state index in [1.165, 1.54) is 12.8 Å². The number of hydrogen-bond donors (Lipinski definition) is 1. The van der Waals surface area contributed by atoms with Crippen molar-refractivity contribution in [2.24, 2.45) is 0 Å². The lowest BCUT2D eigenvalue weighted by Gasteiger charge is -2.35. The average Bonchev–Trinajstić information content (AvgIpc) is 2.57. The Morgan fingerprint density at radius 2 is 2.07 bits per heavy atom. The second-order valence-electron chi connectivity index (χ2n) is 4.65. The largest absolute Gasteiger partial charge is 0.342 e. The van der Waals surface area contributed by atoms with E-state index in [0.717, 1.165) is 12.8 Å². The maximum atomic E-state index is 11.6. The van der Waals surface area contributed by atoms with Crippen LogP contribution in [0.25, 0.3) is 0 Å². The van der Waals surface area contributed by atoms with Crippen molar-refractivity contribution >= 4 is 5.91 Å². The first-order chi connectivity index (χ1) is 7.20. The van der Waals surface area contributed by atoms with E-state index in [4.69, 9.17) is 6.42 Å². The van der Waals surface area contributed by atoms with Crippen molar-refractivity contribution in [3.8, 4) is 12.3 Å². The van der Waals surface area contributed by atoms with Crippen LogP contribution < -0.4 is 5.32 Å². The first-order valence-electron chi connectivity index (χ1n) is 5.66. The molecule has 2 unspecified atom stereocenters. The van der Waals surface area contributed by atoms with Gasteiger partial charge >= 0.3 is 0 Å². The number of carbonyl (C=O) groups is 1. The van der Waals surface area contributed by atoms with Gasteiger partial charge in [-0.15, -0.1) is 6.42 Å². The first kappa shape index (κ1) is 10.5. The molecule has 2 bridgehead atoms. The fourth-order valence-electron chi connectivity index (χ4n) is 2.76. The van der Waals surface area contributed by atoms with Gasteiger partial charge < -0.3 is 10.2 Å². The van der Waals surface area contributed by atoms with Crippen LogP contribution in [-0.4, -0.2) is 36.0 Å². The minimum atomic E-state index is 0.0869. The number of rotatable bonds is 2. The zero-order chi connectivity index (χ0) is 10.8. The Balaban J connectivity index is 1.94. The monoisotopic (exact) mass is 206 g/mol. The van der Waals surface area contributed by atoms with Crippen LogP contribution in [0.4, 0.5) is 0 Å². The highest BCUT2D eigenvalue weighted by Crippen LogP contribution is 2.29. The van der Waals surface area contributed by atoms with Crippen LogP contribution in [0.2, 0.25) is 0 Å². The van der Waals surface area contributed by atoms with E-state index in [2.05, 4.69) is 11.2 Å². The lowest BCUT2D eigenvalue weighted by atomic mass is 9.98. The molecule has 2 rings (SSSR count). The molecule has 0 aliphatic carbocycles. The molecular weight excluding hydrogens is 188 g/mol. The molecule has 82 valence electrons. The van der Waals surface area contributed by atoms with Crippen LogP contribution in [0.15, 0.2) is 0 Å². The molecule has 2 fully saturated rings. The molecule has 2 heterocycles. The molecule has 0 spiro atoms. The Morgan fingerprint density at radius 3 is 2.60 bits per heavy atom. The van der Waals surface area contributed by atoms with Crippen molar-refractivity contribution in [2.75, 3.05) is 7.05 Å². The van der Waals surface area contributed by atoms with Gasteiger partial charge in [-0.3, -0.25) is 4.79 Å². The van der Waals surface area contributed by atoms with Gasteiger partial charge in [-0.1, -0.05) is 5.92 Å². The van der Waals surface area contributed by atoms with Crippen molar-refractivity contribution < 1.29 is 4.79 Å². The highest BCUT2D eigenvalue weighted by Gasteiger charge is 2.35. The highest BCUT2D eigenvalue weighted by molar-refractivity contribution is 5.78. The van der Waals surface area contributed by atoms with Gasteiger partial charge in [0.2, 0.25) is 5.91 Å². The Morgan fingerprint density at radius 1 is 1.47 bits per heavy atom. The number of nitrogens with one attached hydrogen (secondary N) is 1. The van der Waals surface area contributed by atoms with Crippen LogP contribution in [0, 0.1) is 12.3 Å². The maximum Gasteiger partial charge on any atom is 0.234 e. The van der Waals surface area contributed by atoms with Crippen LogP contribution in [-0.2, 0) is 4.79 Å². The molecule has 3 nitrogen and oxygen atoms in total. The summed E-state index contributed by atoms with van der Waals surface area (Å²) < 4.78 is 0. The standard InChI is InChI=1S/C12H18N2O/c1-3-4-12(15)14(2)11-7-9-5-6-10(8-11)13-9/h1,9-11,13H,4-8H2,2H3. The number of carbonyl (C=O) groups excluding carboxylic acids is 1. The SMILES string of the molecule is C#CCC(=O)N(C)C1CC2CCC(C1)N2. The number of fused-ring (bicyclic) bond motifs is 2. The maximum absolute atomic E-state index is 11.6. The fourth-order valence-corrected chi connectivity index (χ4v) is 2.76. The highest BCUT2D eigenvalue weighted by atomic mass is 16.2. The number of amides is 1. The molecule has 2 aliphatic heterocycles. The topological polar surface area (TPSA) is 32.3 Å². The van der Waals surface area contributed by atoms with Crippen LogP contribution in [0.3, 0.4) is 0 Å². The number of terminal acetylenes is 1. The van der Waals surface area contributed by atoms with Crippen molar-refractivity contribution in [1.29, 1.82) is 0 Å². The number of piperidine rings is 1. The van der Waals surface area contributed by atoms with E-state index in [0.29, 0.717) is 18.1 Å². The first-order valence-corrected chi connectivity index (χ1v) is 5.66. The van der Waals surface area contributed by atoms with Crippen LogP contribution in [0.1, 0.15) is 32.1 Å².